The average molecular weight is 383 g/mol. The zero-order chi connectivity index (χ0) is 19.0. The first-order valence-electron chi connectivity index (χ1n) is 8.14. The van der Waals surface area contributed by atoms with E-state index in [-0.39, 0.29) is 30.7 Å². The smallest absolute Gasteiger partial charge is 0.257 e. The normalized spacial score (nSPS) is 16.6. The van der Waals surface area contributed by atoms with Gasteiger partial charge in [0, 0.05) is 24.4 Å². The van der Waals surface area contributed by atoms with E-state index in [1.54, 1.807) is 24.3 Å². The monoisotopic (exact) mass is 382 g/mol. The summed E-state index contributed by atoms with van der Waals surface area (Å²) >= 11 is 6.11. The third-order valence-electron chi connectivity index (χ3n) is 4.37. The largest absolute Gasteiger partial charge is 0.334 e. The van der Waals surface area contributed by atoms with Crippen molar-refractivity contribution in [1.82, 2.24) is 10.1 Å². The van der Waals surface area contributed by atoms with Gasteiger partial charge in [-0.25, -0.2) is 4.39 Å². The lowest BCUT2D eigenvalue weighted by Crippen LogP contribution is -2.24. The predicted molar refractivity (Wildman–Crippen MR) is 95.6 cm³/mol. The predicted octanol–water partition coefficient (Wildman–Crippen LogP) is 3.92. The molecule has 1 aromatic heterocycles. The maximum atomic E-state index is 13.5. The van der Waals surface area contributed by atoms with Gasteiger partial charge in [-0.3, -0.25) is 4.79 Å². The molecule has 0 N–H and O–H groups in total. The summed E-state index contributed by atoms with van der Waals surface area (Å²) in [5.74, 6) is -0.295. The third-order valence-corrected chi connectivity index (χ3v) is 4.69. The molecule has 1 amide bonds. The van der Waals surface area contributed by atoms with Crippen LogP contribution in [0.2, 0.25) is 5.02 Å². The van der Waals surface area contributed by atoms with Crippen LogP contribution in [0, 0.1) is 17.1 Å². The van der Waals surface area contributed by atoms with Crippen LogP contribution in [0.1, 0.15) is 23.7 Å². The number of hydrogen-bond donors (Lipinski definition) is 0. The maximum Gasteiger partial charge on any atom is 0.257 e. The second-order valence-electron chi connectivity index (χ2n) is 6.15. The molecule has 0 aliphatic carbocycles. The molecule has 27 heavy (non-hydrogen) atoms. The molecular weight excluding hydrogens is 371 g/mol. The van der Waals surface area contributed by atoms with Gasteiger partial charge in [0.15, 0.2) is 5.82 Å². The van der Waals surface area contributed by atoms with Gasteiger partial charge in [0.1, 0.15) is 5.82 Å². The molecule has 8 heteroatoms. The van der Waals surface area contributed by atoms with Crippen molar-refractivity contribution in [3.63, 3.8) is 0 Å². The van der Waals surface area contributed by atoms with Gasteiger partial charge in [-0.2, -0.15) is 10.2 Å². The van der Waals surface area contributed by atoms with Crippen LogP contribution < -0.4 is 4.90 Å². The summed E-state index contributed by atoms with van der Waals surface area (Å²) < 4.78 is 18.8. The second-order valence-corrected chi connectivity index (χ2v) is 6.56. The number of nitriles is 1. The van der Waals surface area contributed by atoms with E-state index in [4.69, 9.17) is 21.4 Å². The van der Waals surface area contributed by atoms with Crippen molar-refractivity contribution < 1.29 is 13.7 Å². The molecule has 1 fully saturated rings. The van der Waals surface area contributed by atoms with Crippen LogP contribution in [0.15, 0.2) is 47.0 Å². The number of anilines is 1. The molecule has 0 saturated carbocycles. The summed E-state index contributed by atoms with van der Waals surface area (Å²) in [7, 11) is 0. The standard InChI is InChI=1S/C19H12ClFN4O2/c20-15-5-4-14(21)8-16(15)25-10-13(7-17(25)26)18-23-19(27-24-18)12-3-1-2-11(6-12)9-22/h1-6,8,13H,7,10H2. The Hall–Kier alpha value is -3.24. The SMILES string of the molecule is N#Cc1cccc(-c2nc(C3CC(=O)N(c4cc(F)ccc4Cl)C3)no2)c1. The molecule has 1 saturated heterocycles. The lowest BCUT2D eigenvalue weighted by molar-refractivity contribution is -0.117. The molecule has 4 rings (SSSR count). The van der Waals surface area contributed by atoms with E-state index in [1.807, 2.05) is 0 Å². The zero-order valence-electron chi connectivity index (χ0n) is 13.9. The van der Waals surface area contributed by atoms with Gasteiger partial charge in [0.2, 0.25) is 5.91 Å². The summed E-state index contributed by atoms with van der Waals surface area (Å²) in [5.41, 5.74) is 1.44. The van der Waals surface area contributed by atoms with Crippen LogP contribution in [-0.4, -0.2) is 22.6 Å². The Morgan fingerprint density at radius 2 is 2.15 bits per heavy atom. The Kier molecular flexibility index (Phi) is 4.34. The highest BCUT2D eigenvalue weighted by Crippen LogP contribution is 2.35. The van der Waals surface area contributed by atoms with E-state index < -0.39 is 5.82 Å². The van der Waals surface area contributed by atoms with E-state index in [9.17, 15) is 9.18 Å². The molecule has 3 aromatic rings. The summed E-state index contributed by atoms with van der Waals surface area (Å²) in [6.45, 7) is 0.277. The average Bonchev–Trinajstić information content (AvgIpc) is 3.31. The Morgan fingerprint density at radius 1 is 1.30 bits per heavy atom. The number of halogens is 2. The van der Waals surface area contributed by atoms with Crippen molar-refractivity contribution >= 4 is 23.2 Å². The van der Waals surface area contributed by atoms with Crippen LogP contribution >= 0.6 is 11.6 Å². The quantitative estimate of drug-likeness (QED) is 0.685. The van der Waals surface area contributed by atoms with Gasteiger partial charge in [-0.1, -0.05) is 22.8 Å². The van der Waals surface area contributed by atoms with Crippen molar-refractivity contribution in [1.29, 1.82) is 5.26 Å². The number of hydrogen-bond acceptors (Lipinski definition) is 5. The fraction of sp³-hybridized carbons (Fsp3) is 0.158. The Balaban J connectivity index is 1.59. The number of benzene rings is 2. The summed E-state index contributed by atoms with van der Waals surface area (Å²) in [6, 6.07) is 12.8. The van der Waals surface area contributed by atoms with E-state index in [0.717, 1.165) is 0 Å². The molecule has 1 atom stereocenters. The molecule has 2 aromatic carbocycles. The first-order valence-corrected chi connectivity index (χ1v) is 8.52. The minimum atomic E-state index is -0.468. The van der Waals surface area contributed by atoms with Crippen LogP contribution in [0.25, 0.3) is 11.5 Å². The molecule has 0 spiro atoms. The molecule has 134 valence electrons. The van der Waals surface area contributed by atoms with E-state index in [0.29, 0.717) is 27.7 Å². The maximum absolute atomic E-state index is 13.5. The first-order chi connectivity index (χ1) is 13.0. The van der Waals surface area contributed by atoms with Crippen molar-refractivity contribution in [2.75, 3.05) is 11.4 Å². The van der Waals surface area contributed by atoms with Gasteiger partial charge in [-0.15, -0.1) is 0 Å². The number of carbonyl (C=O) groups excluding carboxylic acids is 1. The molecular formula is C19H12ClFN4O2. The number of carbonyl (C=O) groups is 1. The minimum absolute atomic E-state index is 0.171. The Bertz CT molecular complexity index is 1080. The summed E-state index contributed by atoms with van der Waals surface area (Å²) in [6.07, 6.45) is 0.171. The lowest BCUT2D eigenvalue weighted by atomic mass is 10.1. The number of rotatable bonds is 3. The van der Waals surface area contributed by atoms with E-state index in [1.165, 1.54) is 23.1 Å². The first kappa shape index (κ1) is 17.2. The van der Waals surface area contributed by atoms with E-state index >= 15 is 0 Å². The summed E-state index contributed by atoms with van der Waals surface area (Å²) in [5, 5.41) is 13.3. The highest BCUT2D eigenvalue weighted by molar-refractivity contribution is 6.33. The topological polar surface area (TPSA) is 83.0 Å². The number of aromatic nitrogens is 2. The van der Waals surface area contributed by atoms with Crippen LogP contribution in [0.4, 0.5) is 10.1 Å². The fourth-order valence-electron chi connectivity index (χ4n) is 3.05. The molecule has 0 bridgehead atoms. The highest BCUT2D eigenvalue weighted by atomic mass is 35.5. The molecule has 1 aliphatic rings. The molecule has 0 radical (unpaired) electrons. The molecule has 1 unspecified atom stereocenters. The van der Waals surface area contributed by atoms with Gasteiger partial charge in [-0.05, 0) is 36.4 Å². The molecule has 2 heterocycles. The van der Waals surface area contributed by atoms with Crippen molar-refractivity contribution in [3.8, 4) is 17.5 Å². The van der Waals surface area contributed by atoms with Crippen LogP contribution in [0.5, 0.6) is 0 Å². The Labute approximate surface area is 158 Å². The second kappa shape index (κ2) is 6.82. The highest BCUT2D eigenvalue weighted by Gasteiger charge is 2.35. The van der Waals surface area contributed by atoms with E-state index in [2.05, 4.69) is 16.2 Å². The minimum Gasteiger partial charge on any atom is -0.334 e. The van der Waals surface area contributed by atoms with Crippen LogP contribution in [0.3, 0.4) is 0 Å². The summed E-state index contributed by atoms with van der Waals surface area (Å²) in [4.78, 5) is 18.2. The van der Waals surface area contributed by atoms with Gasteiger partial charge in [0.05, 0.1) is 22.3 Å². The lowest BCUT2D eigenvalue weighted by Gasteiger charge is -2.17. The molecule has 1 aliphatic heterocycles. The van der Waals surface area contributed by atoms with Crippen molar-refractivity contribution in [2.24, 2.45) is 0 Å². The number of nitrogens with zero attached hydrogens (tertiary/aromatic N) is 4. The van der Waals surface area contributed by atoms with Crippen molar-refractivity contribution in [2.45, 2.75) is 12.3 Å². The Morgan fingerprint density at radius 3 is 2.96 bits per heavy atom. The fourth-order valence-corrected chi connectivity index (χ4v) is 3.27. The van der Waals surface area contributed by atoms with Crippen LogP contribution in [-0.2, 0) is 4.79 Å². The third kappa shape index (κ3) is 3.27. The van der Waals surface area contributed by atoms with Crippen molar-refractivity contribution in [3.05, 3.63) is 64.7 Å². The molecule has 6 nitrogen and oxygen atoms in total. The van der Waals surface area contributed by atoms with Gasteiger partial charge in [0.25, 0.3) is 5.89 Å². The number of amides is 1. The van der Waals surface area contributed by atoms with Gasteiger partial charge < -0.3 is 9.42 Å². The van der Waals surface area contributed by atoms with Gasteiger partial charge >= 0.3 is 0 Å². The zero-order valence-corrected chi connectivity index (χ0v) is 14.7.